The predicted molar refractivity (Wildman–Crippen MR) is 217 cm³/mol. The summed E-state index contributed by atoms with van der Waals surface area (Å²) in [7, 11) is 6.64. The lowest BCUT2D eigenvalue weighted by Crippen LogP contribution is -2.46. The van der Waals surface area contributed by atoms with Gasteiger partial charge in [0.2, 0.25) is 11.8 Å². The first kappa shape index (κ1) is 38.9. The van der Waals surface area contributed by atoms with Gasteiger partial charge in [0.05, 0.1) is 18.9 Å². The molecule has 2 aromatic carbocycles. The van der Waals surface area contributed by atoms with Gasteiger partial charge < -0.3 is 28.4 Å². The summed E-state index contributed by atoms with van der Waals surface area (Å²) in [6.07, 6.45) is 12.1. The molecule has 8 rings (SSSR count). The van der Waals surface area contributed by atoms with Gasteiger partial charge in [-0.3, -0.25) is 23.9 Å². The summed E-state index contributed by atoms with van der Waals surface area (Å²) >= 11 is 0. The van der Waals surface area contributed by atoms with Crippen molar-refractivity contribution in [2.45, 2.75) is 25.8 Å². The Morgan fingerprint density at radius 3 is 2.08 bits per heavy atom. The lowest BCUT2D eigenvalue weighted by atomic mass is 9.81. The largest absolute Gasteiger partial charge is 0.451 e. The van der Waals surface area contributed by atoms with Gasteiger partial charge >= 0.3 is 5.91 Å². The Kier molecular flexibility index (Phi) is 10.9. The minimum absolute atomic E-state index is 0.000269. The first-order valence-electron chi connectivity index (χ1n) is 19.4. The SMILES string of the molecule is CN(C)C(=O)c1cc2cc(C3=CC(C4C=C(c5ccc6nc(C(=O)N(C)C)oc6c5)CN(C(=O)CCn5ccnn5)C4)CN(C(=O)CCc4ccnnc4)C3)ccc2o1. The molecule has 4 amide bonds. The topological polar surface area (TPSA) is 177 Å². The zero-order chi connectivity index (χ0) is 41.2. The second-order valence-electron chi connectivity index (χ2n) is 15.4. The van der Waals surface area contributed by atoms with Crippen LogP contribution in [-0.2, 0) is 22.6 Å². The third-order valence-corrected chi connectivity index (χ3v) is 10.8. The molecule has 2 aliphatic rings. The molecule has 2 aliphatic heterocycles. The van der Waals surface area contributed by atoms with Gasteiger partial charge in [-0.15, -0.1) is 5.10 Å². The van der Waals surface area contributed by atoms with Crippen molar-refractivity contribution in [3.8, 4) is 0 Å². The molecular formula is C43H44N10O6. The van der Waals surface area contributed by atoms with E-state index in [2.05, 4.69) is 37.6 Å². The number of nitrogens with zero attached hydrogens (tertiary/aromatic N) is 10. The molecule has 6 heterocycles. The first-order valence-corrected chi connectivity index (χ1v) is 19.4. The van der Waals surface area contributed by atoms with Crippen LogP contribution in [0.2, 0.25) is 0 Å². The maximum atomic E-state index is 14.1. The molecular weight excluding hydrogens is 753 g/mol. The Morgan fingerprint density at radius 1 is 0.729 bits per heavy atom. The number of rotatable bonds is 11. The number of amides is 4. The third kappa shape index (κ3) is 8.51. The van der Waals surface area contributed by atoms with E-state index in [4.69, 9.17) is 8.83 Å². The number of benzene rings is 2. The zero-order valence-electron chi connectivity index (χ0n) is 33.3. The van der Waals surface area contributed by atoms with Crippen LogP contribution in [0.1, 0.15) is 50.8 Å². The predicted octanol–water partition coefficient (Wildman–Crippen LogP) is 4.47. The minimum atomic E-state index is -0.338. The molecule has 0 saturated carbocycles. The highest BCUT2D eigenvalue weighted by molar-refractivity contribution is 5.97. The highest BCUT2D eigenvalue weighted by atomic mass is 16.4. The van der Waals surface area contributed by atoms with Gasteiger partial charge in [-0.05, 0) is 70.7 Å². The third-order valence-electron chi connectivity index (χ3n) is 10.8. The van der Waals surface area contributed by atoms with Crippen molar-refractivity contribution in [1.29, 1.82) is 0 Å². The minimum Gasteiger partial charge on any atom is -0.451 e. The zero-order valence-corrected chi connectivity index (χ0v) is 33.3. The quantitative estimate of drug-likeness (QED) is 0.181. The molecule has 0 saturated heterocycles. The van der Waals surface area contributed by atoms with Gasteiger partial charge in [0.15, 0.2) is 11.3 Å². The Hall–Kier alpha value is -6.97. The van der Waals surface area contributed by atoms with Crippen molar-refractivity contribution >= 4 is 56.8 Å². The Bertz CT molecular complexity index is 2590. The Labute approximate surface area is 339 Å². The van der Waals surface area contributed by atoms with E-state index in [0.29, 0.717) is 55.8 Å². The summed E-state index contributed by atoms with van der Waals surface area (Å²) in [6.45, 7) is 2.00. The first-order chi connectivity index (χ1) is 28.5. The van der Waals surface area contributed by atoms with Crippen LogP contribution in [0.25, 0.3) is 33.2 Å². The fraction of sp³-hybridized carbons (Fsp3) is 0.326. The second kappa shape index (κ2) is 16.5. The van der Waals surface area contributed by atoms with Crippen LogP contribution in [0.5, 0.6) is 0 Å². The molecule has 0 fully saturated rings. The van der Waals surface area contributed by atoms with Crippen LogP contribution in [0.4, 0.5) is 0 Å². The van der Waals surface area contributed by atoms with E-state index < -0.39 is 0 Å². The summed E-state index contributed by atoms with van der Waals surface area (Å²) in [4.78, 5) is 64.5. The average molecular weight is 797 g/mol. The molecule has 2 unspecified atom stereocenters. The molecule has 0 radical (unpaired) electrons. The fourth-order valence-electron chi connectivity index (χ4n) is 7.62. The highest BCUT2D eigenvalue weighted by Gasteiger charge is 2.34. The monoisotopic (exact) mass is 796 g/mol. The fourth-order valence-corrected chi connectivity index (χ4v) is 7.62. The summed E-state index contributed by atoms with van der Waals surface area (Å²) in [5.74, 6) is -0.707. The molecule has 16 heteroatoms. The summed E-state index contributed by atoms with van der Waals surface area (Å²) in [5.41, 5.74) is 6.14. The van der Waals surface area contributed by atoms with Crippen LogP contribution in [0, 0.1) is 11.8 Å². The maximum Gasteiger partial charge on any atom is 0.309 e. The molecule has 4 aromatic heterocycles. The van der Waals surface area contributed by atoms with Crippen molar-refractivity contribution in [3.63, 3.8) is 0 Å². The standard InChI is InChI=1S/C43H44N10O6/c1-49(2)42(56)38-21-30-17-28(7-9-36(30)58-38)31-18-33(25-51(23-31)39(54)10-5-27-11-13-44-46-22-27)34-19-32(24-52(26-34)40(55)12-15-53-16-14-45-48-53)29-6-8-35-37(20-29)59-41(47-35)43(57)50(3)4/h6-9,11,13-14,16-22,33-34H,5,10,12,15,23-26H2,1-4H3. The van der Waals surface area contributed by atoms with Gasteiger partial charge in [0.25, 0.3) is 11.8 Å². The number of fused-ring (bicyclic) bond motifs is 2. The average Bonchev–Trinajstić information content (AvgIpc) is 4.04. The van der Waals surface area contributed by atoms with Gasteiger partial charge in [0, 0.05) is 96.8 Å². The number of hydrogen-bond donors (Lipinski definition) is 0. The molecule has 16 nitrogen and oxygen atoms in total. The van der Waals surface area contributed by atoms with E-state index in [0.717, 1.165) is 33.2 Å². The molecule has 0 spiro atoms. The summed E-state index contributed by atoms with van der Waals surface area (Å²) in [6, 6.07) is 15.0. The number of oxazole rings is 1. The van der Waals surface area contributed by atoms with Crippen molar-refractivity contribution < 1.29 is 28.0 Å². The van der Waals surface area contributed by atoms with Crippen LogP contribution >= 0.6 is 0 Å². The van der Waals surface area contributed by atoms with Crippen molar-refractivity contribution in [2.75, 3.05) is 54.4 Å². The number of carbonyl (C=O) groups excluding carboxylic acids is 4. The summed E-state index contributed by atoms with van der Waals surface area (Å²) in [5, 5.41) is 16.5. The van der Waals surface area contributed by atoms with E-state index >= 15 is 0 Å². The molecule has 6 aromatic rings. The van der Waals surface area contributed by atoms with Crippen LogP contribution < -0.4 is 0 Å². The molecule has 2 atom stereocenters. The highest BCUT2D eigenvalue weighted by Crippen LogP contribution is 2.36. The number of hydrogen-bond acceptors (Lipinski definition) is 11. The van der Waals surface area contributed by atoms with E-state index in [1.54, 1.807) is 63.7 Å². The van der Waals surface area contributed by atoms with Gasteiger partial charge in [-0.1, -0.05) is 29.5 Å². The van der Waals surface area contributed by atoms with E-state index in [9.17, 15) is 19.2 Å². The summed E-state index contributed by atoms with van der Waals surface area (Å²) < 4.78 is 13.5. The van der Waals surface area contributed by atoms with Gasteiger partial charge in [-0.25, -0.2) is 4.98 Å². The normalized spacial score (nSPS) is 16.9. The lowest BCUT2D eigenvalue weighted by molar-refractivity contribution is -0.133. The smallest absolute Gasteiger partial charge is 0.309 e. The molecule has 0 aliphatic carbocycles. The van der Waals surface area contributed by atoms with Crippen LogP contribution in [0.15, 0.2) is 94.3 Å². The van der Waals surface area contributed by atoms with E-state index in [1.807, 2.05) is 52.3 Å². The molecule has 59 heavy (non-hydrogen) atoms. The number of carbonyl (C=O) groups is 4. The van der Waals surface area contributed by atoms with E-state index in [-0.39, 0.29) is 60.0 Å². The Balaban J connectivity index is 1.15. The van der Waals surface area contributed by atoms with Crippen LogP contribution in [0.3, 0.4) is 0 Å². The number of furan rings is 1. The van der Waals surface area contributed by atoms with Gasteiger partial charge in [0.1, 0.15) is 11.1 Å². The Morgan fingerprint density at radius 2 is 1.42 bits per heavy atom. The number of aryl methyl sites for hydroxylation is 2. The van der Waals surface area contributed by atoms with Gasteiger partial charge in [-0.2, -0.15) is 10.2 Å². The number of aromatic nitrogens is 6. The van der Waals surface area contributed by atoms with Crippen molar-refractivity contribution in [3.05, 3.63) is 114 Å². The van der Waals surface area contributed by atoms with Crippen molar-refractivity contribution in [2.24, 2.45) is 11.8 Å². The second-order valence-corrected chi connectivity index (χ2v) is 15.4. The molecule has 302 valence electrons. The van der Waals surface area contributed by atoms with E-state index in [1.165, 1.54) is 9.80 Å². The molecule has 0 N–H and O–H groups in total. The molecule has 0 bridgehead atoms. The lowest BCUT2D eigenvalue weighted by Gasteiger charge is -2.40. The van der Waals surface area contributed by atoms with Crippen LogP contribution in [-0.4, -0.2) is 128 Å². The maximum absolute atomic E-state index is 14.1. The van der Waals surface area contributed by atoms with Crippen molar-refractivity contribution in [1.82, 2.24) is 49.8 Å².